The molecule has 0 heterocycles. The van der Waals surface area contributed by atoms with E-state index in [1.165, 1.54) is 24.8 Å². The first-order chi connectivity index (χ1) is 11.1. The fourth-order valence-electron chi connectivity index (χ4n) is 3.31. The van der Waals surface area contributed by atoms with Gasteiger partial charge in [-0.15, -0.1) is 0 Å². The minimum atomic E-state index is -0.238. The van der Waals surface area contributed by atoms with E-state index in [0.29, 0.717) is 6.54 Å². The van der Waals surface area contributed by atoms with Gasteiger partial charge in [-0.3, -0.25) is 0 Å². The van der Waals surface area contributed by atoms with Gasteiger partial charge in [-0.25, -0.2) is 4.79 Å². The van der Waals surface area contributed by atoms with E-state index in [1.807, 2.05) is 12.1 Å². The molecule has 23 heavy (non-hydrogen) atoms. The molecular formula is C18H28N2O3. The lowest BCUT2D eigenvalue weighted by Crippen LogP contribution is -2.48. The van der Waals surface area contributed by atoms with E-state index in [0.717, 1.165) is 18.6 Å². The van der Waals surface area contributed by atoms with Crippen LogP contribution in [-0.4, -0.2) is 37.4 Å². The number of hydrogen-bond donors (Lipinski definition) is 3. The molecule has 1 aliphatic rings. The van der Waals surface area contributed by atoms with Gasteiger partial charge in [-0.05, 0) is 37.5 Å². The number of carbonyl (C=O) groups excluding carboxylic acids is 1. The molecule has 128 valence electrons. The molecule has 3 N–H and O–H groups in total. The molecule has 1 atom stereocenters. The number of aliphatic hydroxyl groups is 1. The molecule has 2 amide bonds. The summed E-state index contributed by atoms with van der Waals surface area (Å²) in [5.74, 6) is 0.849. The molecule has 5 heteroatoms. The van der Waals surface area contributed by atoms with Crippen molar-refractivity contribution in [3.63, 3.8) is 0 Å². The van der Waals surface area contributed by atoms with Crippen molar-refractivity contribution < 1.29 is 14.6 Å². The van der Waals surface area contributed by atoms with Gasteiger partial charge in [0.1, 0.15) is 5.75 Å². The SMILES string of the molecule is COc1ccc(C2(CNC(=O)NC(C)CO)CCCCC2)cc1. The number of methoxy groups -OCH3 is 1. The number of carbonyl (C=O) groups is 1. The number of aliphatic hydroxyl groups excluding tert-OH is 1. The normalized spacial score (nSPS) is 18.0. The Labute approximate surface area is 138 Å². The summed E-state index contributed by atoms with van der Waals surface area (Å²) in [7, 11) is 1.67. The van der Waals surface area contributed by atoms with Crippen molar-refractivity contribution in [2.24, 2.45) is 0 Å². The van der Waals surface area contributed by atoms with Crippen LogP contribution in [-0.2, 0) is 5.41 Å². The number of hydrogen-bond acceptors (Lipinski definition) is 3. The van der Waals surface area contributed by atoms with Gasteiger partial charge in [0.2, 0.25) is 0 Å². The molecule has 5 nitrogen and oxygen atoms in total. The highest BCUT2D eigenvalue weighted by atomic mass is 16.5. The van der Waals surface area contributed by atoms with Crippen molar-refractivity contribution in [1.29, 1.82) is 0 Å². The van der Waals surface area contributed by atoms with E-state index in [9.17, 15) is 4.79 Å². The Morgan fingerprint density at radius 3 is 2.48 bits per heavy atom. The zero-order chi connectivity index (χ0) is 16.7. The van der Waals surface area contributed by atoms with E-state index in [-0.39, 0.29) is 24.1 Å². The number of amides is 2. The van der Waals surface area contributed by atoms with Crippen molar-refractivity contribution >= 4 is 6.03 Å². The van der Waals surface area contributed by atoms with Crippen molar-refractivity contribution in [3.8, 4) is 5.75 Å². The molecule has 2 rings (SSSR count). The van der Waals surface area contributed by atoms with E-state index in [4.69, 9.17) is 9.84 Å². The van der Waals surface area contributed by atoms with Crippen LogP contribution in [0.1, 0.15) is 44.6 Å². The zero-order valence-corrected chi connectivity index (χ0v) is 14.1. The monoisotopic (exact) mass is 320 g/mol. The van der Waals surface area contributed by atoms with Gasteiger partial charge in [-0.2, -0.15) is 0 Å². The molecule has 0 spiro atoms. The highest BCUT2D eigenvalue weighted by molar-refractivity contribution is 5.74. The number of rotatable bonds is 6. The van der Waals surface area contributed by atoms with Gasteiger partial charge in [0, 0.05) is 12.0 Å². The van der Waals surface area contributed by atoms with Crippen LogP contribution >= 0.6 is 0 Å². The summed E-state index contributed by atoms with van der Waals surface area (Å²) in [5.41, 5.74) is 1.25. The molecule has 0 aromatic heterocycles. The maximum Gasteiger partial charge on any atom is 0.315 e. The van der Waals surface area contributed by atoms with Crippen molar-refractivity contribution in [2.45, 2.75) is 50.5 Å². The molecular weight excluding hydrogens is 292 g/mol. The minimum Gasteiger partial charge on any atom is -0.497 e. The van der Waals surface area contributed by atoms with E-state index < -0.39 is 0 Å². The van der Waals surface area contributed by atoms with Crippen LogP contribution < -0.4 is 15.4 Å². The Morgan fingerprint density at radius 1 is 1.26 bits per heavy atom. The van der Waals surface area contributed by atoms with Gasteiger partial charge < -0.3 is 20.5 Å². The molecule has 1 aliphatic carbocycles. The third kappa shape index (κ3) is 4.61. The summed E-state index contributed by atoms with van der Waals surface area (Å²) in [6, 6.07) is 7.74. The first kappa shape index (κ1) is 17.6. The second-order valence-corrected chi connectivity index (χ2v) is 6.48. The summed E-state index contributed by atoms with van der Waals surface area (Å²) >= 11 is 0. The first-order valence-electron chi connectivity index (χ1n) is 8.39. The fraction of sp³-hybridized carbons (Fsp3) is 0.611. The molecule has 0 radical (unpaired) electrons. The lowest BCUT2D eigenvalue weighted by molar-refractivity contribution is 0.213. The van der Waals surface area contributed by atoms with Crippen molar-refractivity contribution in [1.82, 2.24) is 10.6 Å². The maximum absolute atomic E-state index is 12.0. The number of urea groups is 1. The highest BCUT2D eigenvalue weighted by Gasteiger charge is 2.34. The number of nitrogens with one attached hydrogen (secondary N) is 2. The Bertz CT molecular complexity index is 495. The van der Waals surface area contributed by atoms with E-state index >= 15 is 0 Å². The third-order valence-electron chi connectivity index (χ3n) is 4.75. The maximum atomic E-state index is 12.0. The molecule has 1 saturated carbocycles. The second-order valence-electron chi connectivity index (χ2n) is 6.48. The van der Waals surface area contributed by atoms with Gasteiger partial charge >= 0.3 is 6.03 Å². The lowest BCUT2D eigenvalue weighted by atomic mass is 9.69. The van der Waals surface area contributed by atoms with Crippen molar-refractivity contribution in [2.75, 3.05) is 20.3 Å². The van der Waals surface area contributed by atoms with Crippen LogP contribution in [0.5, 0.6) is 5.75 Å². The standard InChI is InChI=1S/C18H28N2O3/c1-14(12-21)20-17(22)19-13-18(10-4-3-5-11-18)15-6-8-16(23-2)9-7-15/h6-9,14,21H,3-5,10-13H2,1-2H3,(H2,19,20,22). The molecule has 1 unspecified atom stereocenters. The molecule has 0 aliphatic heterocycles. The van der Waals surface area contributed by atoms with Crippen molar-refractivity contribution in [3.05, 3.63) is 29.8 Å². The largest absolute Gasteiger partial charge is 0.497 e. The van der Waals surface area contributed by atoms with Crippen LogP contribution in [0.4, 0.5) is 4.79 Å². The fourth-order valence-corrected chi connectivity index (χ4v) is 3.31. The predicted octanol–water partition coefficient (Wildman–Crippen LogP) is 2.58. The van der Waals surface area contributed by atoms with Gasteiger partial charge in [0.15, 0.2) is 0 Å². The Morgan fingerprint density at radius 2 is 1.91 bits per heavy atom. The van der Waals surface area contributed by atoms with E-state index in [2.05, 4.69) is 22.8 Å². The van der Waals surface area contributed by atoms with Crippen LogP contribution in [0, 0.1) is 0 Å². The van der Waals surface area contributed by atoms with Crippen LogP contribution in [0.15, 0.2) is 24.3 Å². The summed E-state index contributed by atoms with van der Waals surface area (Å²) in [4.78, 5) is 12.0. The average molecular weight is 320 g/mol. The van der Waals surface area contributed by atoms with Gasteiger partial charge in [0.05, 0.1) is 19.8 Å². The summed E-state index contributed by atoms with van der Waals surface area (Å²) in [5, 5.41) is 14.8. The second kappa shape index (κ2) is 8.20. The molecule has 1 aromatic carbocycles. The Kier molecular flexibility index (Phi) is 6.28. The number of benzene rings is 1. The quantitative estimate of drug-likeness (QED) is 0.754. The summed E-state index contributed by atoms with van der Waals surface area (Å²) < 4.78 is 5.24. The molecule has 1 fully saturated rings. The topological polar surface area (TPSA) is 70.6 Å². The zero-order valence-electron chi connectivity index (χ0n) is 14.1. The molecule has 0 saturated heterocycles. The average Bonchev–Trinajstić information content (AvgIpc) is 2.60. The summed E-state index contributed by atoms with van der Waals surface area (Å²) in [6.45, 7) is 2.33. The Hall–Kier alpha value is -1.75. The van der Waals surface area contributed by atoms with E-state index in [1.54, 1.807) is 14.0 Å². The highest BCUT2D eigenvalue weighted by Crippen LogP contribution is 2.39. The smallest absolute Gasteiger partial charge is 0.315 e. The van der Waals surface area contributed by atoms with Crippen LogP contribution in [0.2, 0.25) is 0 Å². The minimum absolute atomic E-state index is 0.00961. The lowest BCUT2D eigenvalue weighted by Gasteiger charge is -2.38. The van der Waals surface area contributed by atoms with Gasteiger partial charge in [0.25, 0.3) is 0 Å². The number of ether oxygens (including phenoxy) is 1. The van der Waals surface area contributed by atoms with Crippen LogP contribution in [0.3, 0.4) is 0 Å². The molecule has 0 bridgehead atoms. The van der Waals surface area contributed by atoms with Crippen LogP contribution in [0.25, 0.3) is 0 Å². The predicted molar refractivity (Wildman–Crippen MR) is 90.8 cm³/mol. The Balaban J connectivity index is 2.07. The molecule has 1 aromatic rings. The summed E-state index contributed by atoms with van der Waals surface area (Å²) in [6.07, 6.45) is 5.78. The van der Waals surface area contributed by atoms with Gasteiger partial charge in [-0.1, -0.05) is 31.4 Å². The first-order valence-corrected chi connectivity index (χ1v) is 8.39. The third-order valence-corrected chi connectivity index (χ3v) is 4.75.